The zero-order valence-electron chi connectivity index (χ0n) is 11.2. The van der Waals surface area contributed by atoms with Gasteiger partial charge in [-0.1, -0.05) is 34.8 Å². The average molecular weight is 346 g/mol. The third-order valence-corrected chi connectivity index (χ3v) is 3.68. The lowest BCUT2D eigenvalue weighted by molar-refractivity contribution is 0.102. The normalized spacial score (nSPS) is 10.3. The van der Waals surface area contributed by atoms with Crippen molar-refractivity contribution < 1.29 is 9.53 Å². The first-order chi connectivity index (χ1) is 9.92. The van der Waals surface area contributed by atoms with Crippen LogP contribution in [0, 0.1) is 6.92 Å². The molecule has 0 bridgehead atoms. The molecule has 0 aliphatic heterocycles. The van der Waals surface area contributed by atoms with Gasteiger partial charge in [0, 0.05) is 11.1 Å². The fourth-order valence-electron chi connectivity index (χ4n) is 1.69. The largest absolute Gasteiger partial charge is 0.495 e. The Morgan fingerprint density at radius 3 is 2.57 bits per heavy atom. The molecule has 1 N–H and O–H groups in total. The second-order valence-electron chi connectivity index (χ2n) is 4.22. The minimum Gasteiger partial charge on any atom is -0.495 e. The van der Waals surface area contributed by atoms with Gasteiger partial charge < -0.3 is 10.1 Å². The second-order valence-corrected chi connectivity index (χ2v) is 5.42. The van der Waals surface area contributed by atoms with Crippen molar-refractivity contribution in [1.82, 2.24) is 4.98 Å². The van der Waals surface area contributed by atoms with Crippen LogP contribution in [-0.4, -0.2) is 18.0 Å². The summed E-state index contributed by atoms with van der Waals surface area (Å²) >= 11 is 17.8. The van der Waals surface area contributed by atoms with Crippen molar-refractivity contribution >= 4 is 46.4 Å². The highest BCUT2D eigenvalue weighted by Gasteiger charge is 2.16. The molecule has 0 saturated heterocycles. The summed E-state index contributed by atoms with van der Waals surface area (Å²) in [5, 5.41) is 3.62. The van der Waals surface area contributed by atoms with Crippen LogP contribution >= 0.6 is 34.8 Å². The number of nitrogens with one attached hydrogen (secondary N) is 1. The number of carbonyl (C=O) groups excluding carboxylic acids is 1. The molecule has 0 saturated carbocycles. The van der Waals surface area contributed by atoms with Gasteiger partial charge in [-0.25, -0.2) is 4.98 Å². The molecule has 0 fully saturated rings. The number of carbonyl (C=O) groups is 1. The maximum Gasteiger partial charge on any atom is 0.275 e. The molecule has 7 heteroatoms. The van der Waals surface area contributed by atoms with Crippen LogP contribution in [0.4, 0.5) is 5.69 Å². The number of pyridine rings is 1. The average Bonchev–Trinajstić information content (AvgIpc) is 2.45. The number of aromatic nitrogens is 1. The van der Waals surface area contributed by atoms with E-state index in [1.807, 2.05) is 6.92 Å². The number of hydrogen-bond acceptors (Lipinski definition) is 3. The summed E-state index contributed by atoms with van der Waals surface area (Å²) in [6.07, 6.45) is 0. The first kappa shape index (κ1) is 15.9. The Morgan fingerprint density at radius 1 is 1.19 bits per heavy atom. The number of methoxy groups -OCH3 is 1. The summed E-state index contributed by atoms with van der Waals surface area (Å²) < 4.78 is 5.19. The van der Waals surface area contributed by atoms with Crippen LogP contribution in [0.2, 0.25) is 15.2 Å². The minimum atomic E-state index is -0.484. The van der Waals surface area contributed by atoms with Crippen molar-refractivity contribution in [3.05, 3.63) is 50.7 Å². The van der Waals surface area contributed by atoms with E-state index >= 15 is 0 Å². The van der Waals surface area contributed by atoms with Crippen molar-refractivity contribution in [3.8, 4) is 5.75 Å². The number of nitrogens with zero attached hydrogens (tertiary/aromatic N) is 1. The predicted octanol–water partition coefficient (Wildman–Crippen LogP) is 4.61. The van der Waals surface area contributed by atoms with Gasteiger partial charge >= 0.3 is 0 Å². The van der Waals surface area contributed by atoms with Crippen LogP contribution < -0.4 is 10.1 Å². The zero-order chi connectivity index (χ0) is 15.6. The van der Waals surface area contributed by atoms with E-state index in [0.717, 1.165) is 5.56 Å². The fourth-order valence-corrected chi connectivity index (χ4v) is 2.18. The summed E-state index contributed by atoms with van der Waals surface area (Å²) in [6.45, 7) is 1.82. The molecule has 110 valence electrons. The summed E-state index contributed by atoms with van der Waals surface area (Å²) in [6, 6.07) is 6.35. The Bertz CT molecular complexity index is 705. The lowest BCUT2D eigenvalue weighted by Gasteiger charge is -2.12. The Balaban J connectivity index is 2.35. The number of aryl methyl sites for hydroxylation is 1. The van der Waals surface area contributed by atoms with Gasteiger partial charge in [-0.15, -0.1) is 0 Å². The molecular weight excluding hydrogens is 335 g/mol. The molecule has 0 aliphatic rings. The molecule has 4 nitrogen and oxygen atoms in total. The van der Waals surface area contributed by atoms with E-state index in [1.54, 1.807) is 12.1 Å². The molecular formula is C14H11Cl3N2O2. The van der Waals surface area contributed by atoms with Gasteiger partial charge in [0.25, 0.3) is 5.91 Å². The summed E-state index contributed by atoms with van der Waals surface area (Å²) in [7, 11) is 1.49. The van der Waals surface area contributed by atoms with Gasteiger partial charge in [0.15, 0.2) is 0 Å². The second kappa shape index (κ2) is 6.52. The maximum atomic E-state index is 12.2. The standard InChI is InChI=1S/C14H11Cl3N2O2/c1-7-5-10(11(21-2)6-9(7)16)18-14(20)13-8(15)3-4-12(17)19-13/h3-6H,1-2H3,(H,18,20). The Labute approximate surface area is 137 Å². The molecule has 0 atom stereocenters. The number of ether oxygens (including phenoxy) is 1. The van der Waals surface area contributed by atoms with E-state index in [0.29, 0.717) is 16.5 Å². The van der Waals surface area contributed by atoms with Gasteiger partial charge in [0.05, 0.1) is 17.8 Å². The van der Waals surface area contributed by atoms with E-state index < -0.39 is 5.91 Å². The van der Waals surface area contributed by atoms with E-state index in [4.69, 9.17) is 39.5 Å². The van der Waals surface area contributed by atoms with Gasteiger partial charge in [-0.2, -0.15) is 0 Å². The van der Waals surface area contributed by atoms with Crippen LogP contribution in [0.15, 0.2) is 24.3 Å². The Kier molecular flexibility index (Phi) is 4.93. The molecule has 1 amide bonds. The van der Waals surface area contributed by atoms with E-state index in [-0.39, 0.29) is 15.9 Å². The number of rotatable bonds is 3. The number of hydrogen-bond donors (Lipinski definition) is 1. The summed E-state index contributed by atoms with van der Waals surface area (Å²) in [5.74, 6) is -0.0420. The number of benzene rings is 1. The lowest BCUT2D eigenvalue weighted by atomic mass is 10.2. The maximum absolute atomic E-state index is 12.2. The molecule has 0 spiro atoms. The third-order valence-electron chi connectivity index (χ3n) is 2.76. The van der Waals surface area contributed by atoms with Gasteiger partial charge in [0.1, 0.15) is 16.6 Å². The zero-order valence-corrected chi connectivity index (χ0v) is 13.5. The highest BCUT2D eigenvalue weighted by atomic mass is 35.5. The molecule has 2 aromatic rings. The molecule has 21 heavy (non-hydrogen) atoms. The smallest absolute Gasteiger partial charge is 0.275 e. The van der Waals surface area contributed by atoms with Gasteiger partial charge in [-0.3, -0.25) is 4.79 Å². The monoisotopic (exact) mass is 344 g/mol. The van der Waals surface area contributed by atoms with Crippen LogP contribution in [-0.2, 0) is 0 Å². The van der Waals surface area contributed by atoms with Crippen molar-refractivity contribution in [2.24, 2.45) is 0 Å². The molecule has 0 radical (unpaired) electrons. The van der Waals surface area contributed by atoms with E-state index in [1.165, 1.54) is 19.2 Å². The molecule has 0 aliphatic carbocycles. The number of halogens is 3. The Morgan fingerprint density at radius 2 is 1.90 bits per heavy atom. The van der Waals surface area contributed by atoms with Crippen molar-refractivity contribution in [1.29, 1.82) is 0 Å². The summed E-state index contributed by atoms with van der Waals surface area (Å²) in [4.78, 5) is 16.2. The summed E-state index contributed by atoms with van der Waals surface area (Å²) in [5.41, 5.74) is 1.32. The van der Waals surface area contributed by atoms with Crippen LogP contribution in [0.5, 0.6) is 5.75 Å². The lowest BCUT2D eigenvalue weighted by Crippen LogP contribution is -2.15. The first-order valence-electron chi connectivity index (χ1n) is 5.90. The highest BCUT2D eigenvalue weighted by Crippen LogP contribution is 2.31. The number of anilines is 1. The first-order valence-corrected chi connectivity index (χ1v) is 7.03. The molecule has 2 rings (SSSR count). The highest BCUT2D eigenvalue weighted by molar-refractivity contribution is 6.35. The van der Waals surface area contributed by atoms with Gasteiger partial charge in [0.2, 0.25) is 0 Å². The van der Waals surface area contributed by atoms with Gasteiger partial charge in [-0.05, 0) is 30.7 Å². The van der Waals surface area contributed by atoms with Crippen molar-refractivity contribution in [3.63, 3.8) is 0 Å². The van der Waals surface area contributed by atoms with E-state index in [2.05, 4.69) is 10.3 Å². The Hall–Kier alpha value is -1.49. The fraction of sp³-hybridized carbons (Fsp3) is 0.143. The molecule has 1 aromatic carbocycles. The van der Waals surface area contributed by atoms with Crippen molar-refractivity contribution in [2.45, 2.75) is 6.92 Å². The predicted molar refractivity (Wildman–Crippen MR) is 85.0 cm³/mol. The number of amides is 1. The molecule has 0 unspecified atom stereocenters. The van der Waals surface area contributed by atoms with Crippen LogP contribution in [0.3, 0.4) is 0 Å². The van der Waals surface area contributed by atoms with E-state index in [9.17, 15) is 4.79 Å². The van der Waals surface area contributed by atoms with Crippen molar-refractivity contribution in [2.75, 3.05) is 12.4 Å². The third kappa shape index (κ3) is 3.59. The van der Waals surface area contributed by atoms with Crippen LogP contribution in [0.1, 0.15) is 16.1 Å². The molecule has 1 aromatic heterocycles. The quantitative estimate of drug-likeness (QED) is 0.826. The SMILES string of the molecule is COc1cc(Cl)c(C)cc1NC(=O)c1nc(Cl)ccc1Cl. The molecule has 1 heterocycles. The minimum absolute atomic E-state index is 0.0406. The topological polar surface area (TPSA) is 51.2 Å². The van der Waals surface area contributed by atoms with Crippen LogP contribution in [0.25, 0.3) is 0 Å².